The molecule has 2 saturated heterocycles. The van der Waals surface area contributed by atoms with Gasteiger partial charge < -0.3 is 35.6 Å². The second-order valence-corrected chi connectivity index (χ2v) is 16.1. The van der Waals surface area contributed by atoms with E-state index in [2.05, 4.69) is 21.3 Å². The van der Waals surface area contributed by atoms with Gasteiger partial charge in [0.25, 0.3) is 0 Å². The number of amides is 5. The molecule has 5 amide bonds. The van der Waals surface area contributed by atoms with Gasteiger partial charge in [0.15, 0.2) is 0 Å². The van der Waals surface area contributed by atoms with Crippen LogP contribution < -0.4 is 26.0 Å². The van der Waals surface area contributed by atoms with E-state index in [1.54, 1.807) is 4.90 Å². The lowest BCUT2D eigenvalue weighted by Gasteiger charge is -2.42. The van der Waals surface area contributed by atoms with Gasteiger partial charge in [0.2, 0.25) is 29.5 Å². The molecule has 3 atom stereocenters. The van der Waals surface area contributed by atoms with Crippen LogP contribution in [0.2, 0.25) is 0 Å². The number of carbonyl (C=O) groups is 5. The van der Waals surface area contributed by atoms with Crippen molar-refractivity contribution in [2.24, 2.45) is 17.3 Å². The Morgan fingerprint density at radius 1 is 0.927 bits per heavy atom. The minimum atomic E-state index is -1.20. The number of nitrogens with one attached hydrogen (secondary N) is 4. The average Bonchev–Trinajstić information content (AvgIpc) is 3.19. The summed E-state index contributed by atoms with van der Waals surface area (Å²) in [6.45, 7) is 5.56. The first kappa shape index (κ1) is 40.2. The highest BCUT2D eigenvalue weighted by Crippen LogP contribution is 2.45. The van der Waals surface area contributed by atoms with Gasteiger partial charge in [0.05, 0.1) is 13.0 Å². The normalized spacial score (nSPS) is 24.1. The maximum Gasteiger partial charge on any atom is 0.243 e. The van der Waals surface area contributed by atoms with Crippen molar-refractivity contribution in [2.75, 3.05) is 39.5 Å². The molecule has 2 aromatic rings. The van der Waals surface area contributed by atoms with Crippen LogP contribution in [0.3, 0.4) is 0 Å². The number of aryl methyl sites for hydroxylation is 2. The van der Waals surface area contributed by atoms with Crippen LogP contribution in [-0.2, 0) is 41.7 Å². The van der Waals surface area contributed by atoms with E-state index in [-0.39, 0.29) is 55.5 Å². The second-order valence-electron chi connectivity index (χ2n) is 16.1. The molecule has 0 radical (unpaired) electrons. The minimum Gasteiger partial charge on any atom is -0.494 e. The molecule has 2 aromatic carbocycles. The summed E-state index contributed by atoms with van der Waals surface area (Å²) in [5.41, 5.74) is 3.24. The summed E-state index contributed by atoms with van der Waals surface area (Å²) >= 11 is 0. The summed E-state index contributed by atoms with van der Waals surface area (Å²) in [7, 11) is 0. The third-order valence-electron chi connectivity index (χ3n) is 12.3. The number of ether oxygens (including phenoxy) is 2. The molecule has 3 aliphatic heterocycles. The van der Waals surface area contributed by atoms with Crippen molar-refractivity contribution in [3.8, 4) is 5.75 Å². The molecule has 12 nitrogen and oxygen atoms in total. The zero-order chi connectivity index (χ0) is 38.6. The molecule has 55 heavy (non-hydrogen) atoms. The maximum atomic E-state index is 14.1. The van der Waals surface area contributed by atoms with Gasteiger partial charge in [-0.3, -0.25) is 24.0 Å². The quantitative estimate of drug-likeness (QED) is 0.316. The van der Waals surface area contributed by atoms with Crippen LogP contribution in [0.4, 0.5) is 0 Å². The molecule has 12 heteroatoms. The first-order chi connectivity index (χ1) is 26.7. The number of benzene rings is 2. The number of nitrogens with zero attached hydrogens (tertiary/aromatic N) is 1. The van der Waals surface area contributed by atoms with Crippen LogP contribution >= 0.6 is 0 Å². The fraction of sp³-hybridized carbons (Fsp3) is 0.605. The van der Waals surface area contributed by atoms with Crippen molar-refractivity contribution in [3.63, 3.8) is 0 Å². The van der Waals surface area contributed by atoms with Crippen LogP contribution in [0.5, 0.6) is 5.75 Å². The molecule has 0 aromatic heterocycles. The highest BCUT2D eigenvalue weighted by Gasteiger charge is 2.38. The van der Waals surface area contributed by atoms with E-state index in [0.717, 1.165) is 93.4 Å². The lowest BCUT2D eigenvalue weighted by molar-refractivity contribution is -0.138. The van der Waals surface area contributed by atoms with E-state index in [1.807, 2.05) is 55.5 Å². The smallest absolute Gasteiger partial charge is 0.243 e. The standard InChI is InChI=1S/C43H59N5O7/c1-30-9-11-35-26-34(30)28-45-41(52)36(12-10-31-6-3-2-4-7-31)47-42(53)37(27-39(50)48-22-5-8-32(29-48)16-23-55-35)46-38(49)15-21-44-40(51)33-13-17-43(18-14-33)19-24-54-25-20-43/h2-4,6-7,9,11,26,32-33,36-37H,5,8,10,12-25,27-29H2,1H3,(H,44,51)(H,45,52)(H,46,49)(H,47,53)/t32?,36-,37-/m0/s1. The minimum absolute atomic E-state index is 0.0418. The zero-order valence-electron chi connectivity index (χ0n) is 32.4. The summed E-state index contributed by atoms with van der Waals surface area (Å²) in [6.07, 6.45) is 8.96. The Kier molecular flexibility index (Phi) is 14.2. The van der Waals surface area contributed by atoms with Crippen molar-refractivity contribution in [3.05, 3.63) is 65.2 Å². The summed E-state index contributed by atoms with van der Waals surface area (Å²) < 4.78 is 11.7. The largest absolute Gasteiger partial charge is 0.494 e. The number of piperidine rings is 1. The van der Waals surface area contributed by atoms with Gasteiger partial charge in [-0.15, -0.1) is 0 Å². The van der Waals surface area contributed by atoms with Gasteiger partial charge >= 0.3 is 0 Å². The molecular weight excluding hydrogens is 699 g/mol. The first-order valence-electron chi connectivity index (χ1n) is 20.4. The van der Waals surface area contributed by atoms with Crippen LogP contribution in [0.1, 0.15) is 93.7 Å². The Labute approximate surface area is 325 Å². The highest BCUT2D eigenvalue weighted by atomic mass is 16.5. The predicted molar refractivity (Wildman–Crippen MR) is 208 cm³/mol. The van der Waals surface area contributed by atoms with Crippen molar-refractivity contribution in [2.45, 2.75) is 109 Å². The molecular formula is C43H59N5O7. The number of fused-ring (bicyclic) bond motifs is 4. The summed E-state index contributed by atoms with van der Waals surface area (Å²) in [4.78, 5) is 69.8. The molecule has 298 valence electrons. The van der Waals surface area contributed by atoms with Crippen LogP contribution in [0.15, 0.2) is 48.5 Å². The first-order valence-corrected chi connectivity index (χ1v) is 20.4. The lowest BCUT2D eigenvalue weighted by Crippen LogP contribution is -2.55. The lowest BCUT2D eigenvalue weighted by atomic mass is 9.66. The molecule has 1 spiro atoms. The Morgan fingerprint density at radius 2 is 1.71 bits per heavy atom. The average molecular weight is 758 g/mol. The number of hydrogen-bond donors (Lipinski definition) is 4. The van der Waals surface area contributed by atoms with E-state index in [1.165, 1.54) is 0 Å². The predicted octanol–water partition coefficient (Wildman–Crippen LogP) is 4.12. The molecule has 4 bridgehead atoms. The van der Waals surface area contributed by atoms with Gasteiger partial charge in [0.1, 0.15) is 17.8 Å². The number of hydrogen-bond acceptors (Lipinski definition) is 7. The van der Waals surface area contributed by atoms with Gasteiger partial charge in [-0.2, -0.15) is 0 Å². The fourth-order valence-corrected chi connectivity index (χ4v) is 8.62. The van der Waals surface area contributed by atoms with Crippen molar-refractivity contribution in [1.82, 2.24) is 26.2 Å². The summed E-state index contributed by atoms with van der Waals surface area (Å²) in [5, 5.41) is 11.6. The fourth-order valence-electron chi connectivity index (χ4n) is 8.62. The maximum absolute atomic E-state index is 14.1. The molecule has 4 aliphatic rings. The monoisotopic (exact) mass is 757 g/mol. The molecule has 1 aliphatic carbocycles. The third kappa shape index (κ3) is 11.5. The molecule has 3 heterocycles. The Bertz CT molecular complexity index is 1630. The van der Waals surface area contributed by atoms with Gasteiger partial charge in [-0.05, 0) is 118 Å². The molecule has 4 N–H and O–H groups in total. The number of carbonyl (C=O) groups excluding carboxylic acids is 5. The van der Waals surface area contributed by atoms with Gasteiger partial charge in [-0.1, -0.05) is 36.4 Å². The van der Waals surface area contributed by atoms with E-state index in [0.29, 0.717) is 38.0 Å². The van der Waals surface area contributed by atoms with E-state index in [9.17, 15) is 24.0 Å². The van der Waals surface area contributed by atoms with E-state index < -0.39 is 23.9 Å². The SMILES string of the molecule is Cc1ccc2cc1CNC(=O)[C@H](CCc1ccccc1)NC(=O)[C@@H](NC(=O)CCNC(=O)C1CCC3(CCOCC3)CC1)CC(=O)N1CCCC(CCO2)C1. The summed E-state index contributed by atoms with van der Waals surface area (Å²) in [5.74, 6) is -0.775. The Hall–Kier alpha value is -4.45. The van der Waals surface area contributed by atoms with Gasteiger partial charge in [0, 0.05) is 51.7 Å². The topological polar surface area (TPSA) is 155 Å². The van der Waals surface area contributed by atoms with Crippen molar-refractivity contribution < 1.29 is 33.4 Å². The molecule has 1 saturated carbocycles. The molecule has 6 rings (SSSR count). The van der Waals surface area contributed by atoms with Crippen molar-refractivity contribution >= 4 is 29.5 Å². The second kappa shape index (κ2) is 19.4. The third-order valence-corrected chi connectivity index (χ3v) is 12.3. The highest BCUT2D eigenvalue weighted by molar-refractivity contribution is 5.95. The van der Waals surface area contributed by atoms with E-state index >= 15 is 0 Å². The van der Waals surface area contributed by atoms with Crippen LogP contribution in [0, 0.1) is 24.2 Å². The van der Waals surface area contributed by atoms with Crippen molar-refractivity contribution in [1.29, 1.82) is 0 Å². The zero-order valence-corrected chi connectivity index (χ0v) is 32.4. The van der Waals surface area contributed by atoms with Crippen LogP contribution in [-0.4, -0.2) is 86.0 Å². The van der Waals surface area contributed by atoms with E-state index in [4.69, 9.17) is 9.47 Å². The molecule has 3 fully saturated rings. The van der Waals surface area contributed by atoms with Crippen LogP contribution in [0.25, 0.3) is 0 Å². The molecule has 1 unspecified atom stereocenters. The summed E-state index contributed by atoms with van der Waals surface area (Å²) in [6, 6.07) is 13.5. The van der Waals surface area contributed by atoms with Gasteiger partial charge in [-0.25, -0.2) is 0 Å². The number of rotatable bonds is 8. The Balaban J connectivity index is 1.12. The Morgan fingerprint density at radius 3 is 2.49 bits per heavy atom.